The van der Waals surface area contributed by atoms with Crippen molar-refractivity contribution in [3.8, 4) is 0 Å². The van der Waals surface area contributed by atoms with Crippen molar-refractivity contribution in [1.82, 2.24) is 20.2 Å². The third-order valence-electron chi connectivity index (χ3n) is 4.05. The van der Waals surface area contributed by atoms with Gasteiger partial charge in [-0.05, 0) is 10.8 Å². The van der Waals surface area contributed by atoms with Gasteiger partial charge in [0.05, 0.1) is 11.0 Å². The molecule has 23 heavy (non-hydrogen) atoms. The lowest BCUT2D eigenvalue weighted by molar-refractivity contribution is 1.05. The van der Waals surface area contributed by atoms with Gasteiger partial charge >= 0.3 is 0 Å². The first-order valence-corrected chi connectivity index (χ1v) is 7.59. The van der Waals surface area contributed by atoms with E-state index in [-0.39, 0.29) is 0 Å². The SMILES string of the molecule is Clc1cc2nc3c4ccccc4c4ccccc4c3nc2nn1. The standard InChI is InChI=1S/C18H9ClN4/c19-15-9-14-18(23-22-15)21-17-13-8-4-2-6-11(13)10-5-1-3-7-12(10)16(17)20-14/h1-9H. The van der Waals surface area contributed by atoms with Crippen LogP contribution in [0.15, 0.2) is 54.6 Å². The second-order valence-corrected chi connectivity index (χ2v) is 5.78. The van der Waals surface area contributed by atoms with Crippen molar-refractivity contribution < 1.29 is 0 Å². The van der Waals surface area contributed by atoms with Crippen LogP contribution in [-0.2, 0) is 0 Å². The highest BCUT2D eigenvalue weighted by Crippen LogP contribution is 2.33. The first kappa shape index (κ1) is 12.7. The Morgan fingerprint density at radius 1 is 0.652 bits per heavy atom. The van der Waals surface area contributed by atoms with Crippen molar-refractivity contribution in [2.45, 2.75) is 0 Å². The molecule has 0 fully saturated rings. The number of fused-ring (bicyclic) bond motifs is 7. The Labute approximate surface area is 135 Å². The van der Waals surface area contributed by atoms with E-state index in [0.29, 0.717) is 16.3 Å². The Morgan fingerprint density at radius 2 is 1.22 bits per heavy atom. The molecule has 0 saturated heterocycles. The van der Waals surface area contributed by atoms with Crippen molar-refractivity contribution in [1.29, 1.82) is 0 Å². The summed E-state index contributed by atoms with van der Waals surface area (Å²) in [6.07, 6.45) is 0. The highest BCUT2D eigenvalue weighted by molar-refractivity contribution is 6.30. The number of nitrogens with zero attached hydrogens (tertiary/aromatic N) is 4. The molecule has 0 aliphatic heterocycles. The Kier molecular flexibility index (Phi) is 2.52. The van der Waals surface area contributed by atoms with E-state index in [1.807, 2.05) is 24.3 Å². The number of aromatic nitrogens is 4. The second-order valence-electron chi connectivity index (χ2n) is 5.39. The Balaban J connectivity index is 2.14. The van der Waals surface area contributed by atoms with Crippen LogP contribution in [0.5, 0.6) is 0 Å². The molecule has 108 valence electrons. The second kappa shape index (κ2) is 4.57. The van der Waals surface area contributed by atoms with Crippen molar-refractivity contribution in [3.63, 3.8) is 0 Å². The Bertz CT molecular complexity index is 1230. The summed E-state index contributed by atoms with van der Waals surface area (Å²) in [4.78, 5) is 9.47. The molecule has 0 unspecified atom stereocenters. The van der Waals surface area contributed by atoms with Gasteiger partial charge < -0.3 is 0 Å². The maximum absolute atomic E-state index is 5.94. The molecule has 5 rings (SSSR count). The third kappa shape index (κ3) is 1.79. The molecule has 0 saturated carbocycles. The number of hydrogen-bond acceptors (Lipinski definition) is 4. The largest absolute Gasteiger partial charge is 0.242 e. The Hall–Kier alpha value is -2.85. The smallest absolute Gasteiger partial charge is 0.201 e. The van der Waals surface area contributed by atoms with Crippen LogP contribution in [0.25, 0.3) is 43.7 Å². The minimum absolute atomic E-state index is 0.316. The van der Waals surface area contributed by atoms with Crippen LogP contribution in [0.4, 0.5) is 0 Å². The molecule has 0 aliphatic rings. The zero-order valence-corrected chi connectivity index (χ0v) is 12.6. The summed E-state index contributed by atoms with van der Waals surface area (Å²) in [5, 5.41) is 12.7. The van der Waals surface area contributed by atoms with Crippen LogP contribution in [0.3, 0.4) is 0 Å². The van der Waals surface area contributed by atoms with Gasteiger partial charge in [-0.2, -0.15) is 0 Å². The molecule has 0 atom stereocenters. The highest BCUT2D eigenvalue weighted by atomic mass is 35.5. The van der Waals surface area contributed by atoms with E-state index >= 15 is 0 Å². The summed E-state index contributed by atoms with van der Waals surface area (Å²) >= 11 is 5.94. The van der Waals surface area contributed by atoms with E-state index in [0.717, 1.165) is 32.6 Å². The fourth-order valence-electron chi connectivity index (χ4n) is 3.07. The minimum atomic E-state index is 0.316. The van der Waals surface area contributed by atoms with Gasteiger partial charge in [0.1, 0.15) is 5.52 Å². The van der Waals surface area contributed by atoms with Crippen LogP contribution in [0.1, 0.15) is 0 Å². The molecular weight excluding hydrogens is 308 g/mol. The quantitative estimate of drug-likeness (QED) is 0.311. The molecule has 0 aliphatic carbocycles. The molecule has 3 aromatic carbocycles. The van der Waals surface area contributed by atoms with Crippen molar-refractivity contribution in [2.24, 2.45) is 0 Å². The van der Waals surface area contributed by atoms with E-state index in [4.69, 9.17) is 21.6 Å². The van der Waals surface area contributed by atoms with Crippen LogP contribution in [0, 0.1) is 0 Å². The van der Waals surface area contributed by atoms with Crippen molar-refractivity contribution >= 4 is 55.3 Å². The van der Waals surface area contributed by atoms with E-state index in [1.165, 1.54) is 0 Å². The monoisotopic (exact) mass is 316 g/mol. The molecule has 5 heteroatoms. The fraction of sp³-hybridized carbons (Fsp3) is 0. The van der Waals surface area contributed by atoms with E-state index in [9.17, 15) is 0 Å². The molecule has 0 bridgehead atoms. The fourth-order valence-corrected chi connectivity index (χ4v) is 3.21. The van der Waals surface area contributed by atoms with Gasteiger partial charge in [0.15, 0.2) is 5.15 Å². The summed E-state index contributed by atoms with van der Waals surface area (Å²) in [7, 11) is 0. The average molecular weight is 317 g/mol. The normalized spacial score (nSPS) is 11.7. The number of hydrogen-bond donors (Lipinski definition) is 0. The lowest BCUT2D eigenvalue weighted by Crippen LogP contribution is -1.94. The number of rotatable bonds is 0. The van der Waals surface area contributed by atoms with Crippen LogP contribution < -0.4 is 0 Å². The van der Waals surface area contributed by atoms with E-state index in [2.05, 4.69) is 34.5 Å². The predicted molar refractivity (Wildman–Crippen MR) is 92.7 cm³/mol. The molecule has 0 N–H and O–H groups in total. The summed E-state index contributed by atoms with van der Waals surface area (Å²) in [6, 6.07) is 18.1. The molecule has 2 heterocycles. The van der Waals surface area contributed by atoms with Gasteiger partial charge in [0, 0.05) is 16.8 Å². The van der Waals surface area contributed by atoms with Gasteiger partial charge in [0.25, 0.3) is 0 Å². The predicted octanol–water partition coefficient (Wildman–Crippen LogP) is 4.53. The third-order valence-corrected chi connectivity index (χ3v) is 4.24. The molecular formula is C18H9ClN4. The summed E-state index contributed by atoms with van der Waals surface area (Å²) in [6.45, 7) is 0. The van der Waals surface area contributed by atoms with Crippen molar-refractivity contribution in [3.05, 3.63) is 59.8 Å². The lowest BCUT2D eigenvalue weighted by atomic mass is 9.99. The topological polar surface area (TPSA) is 51.6 Å². The summed E-state index contributed by atoms with van der Waals surface area (Å²) < 4.78 is 0. The van der Waals surface area contributed by atoms with Crippen LogP contribution in [-0.4, -0.2) is 20.2 Å². The first-order chi connectivity index (χ1) is 11.3. The molecule has 5 aromatic rings. The van der Waals surface area contributed by atoms with Crippen LogP contribution in [0.2, 0.25) is 5.15 Å². The van der Waals surface area contributed by atoms with Gasteiger partial charge in [-0.1, -0.05) is 60.1 Å². The maximum Gasteiger partial charge on any atom is 0.201 e. The maximum atomic E-state index is 5.94. The summed E-state index contributed by atoms with van der Waals surface area (Å²) in [5.41, 5.74) is 2.85. The number of benzene rings is 3. The lowest BCUT2D eigenvalue weighted by Gasteiger charge is -2.09. The minimum Gasteiger partial charge on any atom is -0.242 e. The molecule has 2 aromatic heterocycles. The van der Waals surface area contributed by atoms with Gasteiger partial charge in [-0.25, -0.2) is 9.97 Å². The van der Waals surface area contributed by atoms with E-state index in [1.54, 1.807) is 6.07 Å². The van der Waals surface area contributed by atoms with Gasteiger partial charge in [0.2, 0.25) is 5.65 Å². The molecule has 0 spiro atoms. The first-order valence-electron chi connectivity index (χ1n) is 7.21. The highest BCUT2D eigenvalue weighted by Gasteiger charge is 2.12. The molecule has 0 radical (unpaired) electrons. The van der Waals surface area contributed by atoms with Gasteiger partial charge in [-0.3, -0.25) is 0 Å². The van der Waals surface area contributed by atoms with E-state index < -0.39 is 0 Å². The molecule has 0 amide bonds. The summed E-state index contributed by atoms with van der Waals surface area (Å²) in [5.74, 6) is 0. The van der Waals surface area contributed by atoms with Crippen LogP contribution >= 0.6 is 11.6 Å². The Morgan fingerprint density at radius 3 is 1.87 bits per heavy atom. The molecule has 4 nitrogen and oxygen atoms in total. The average Bonchev–Trinajstić information content (AvgIpc) is 2.60. The van der Waals surface area contributed by atoms with Gasteiger partial charge in [-0.15, -0.1) is 10.2 Å². The zero-order chi connectivity index (χ0) is 15.4. The van der Waals surface area contributed by atoms with Crippen molar-refractivity contribution in [2.75, 3.05) is 0 Å². The zero-order valence-electron chi connectivity index (χ0n) is 11.9. The number of halogens is 1.